The topological polar surface area (TPSA) is 81.1 Å². The standard InChI is InChI=1S/C33H33N5O2/c1-23-17-19-34-25(21-23)14-16-30-27-15-13-26(22-31(27)38(37-30)32-10-4-5-20-40-32)36-29-9-3-2-8-28(29)33(39)35-18-6-7-24-11-12-24/h2-3,8-9,13-17,19,21-22,24,32,36H,4-5,10-12,18,20H2,1H3,(H,35,39). The molecule has 1 aliphatic carbocycles. The lowest BCUT2D eigenvalue weighted by atomic mass is 10.1. The molecule has 1 atom stereocenters. The fraction of sp³-hybridized carbons (Fsp3) is 0.303. The summed E-state index contributed by atoms with van der Waals surface area (Å²) in [5.41, 5.74) is 6.08. The van der Waals surface area contributed by atoms with E-state index in [1.165, 1.54) is 12.8 Å². The van der Waals surface area contributed by atoms with E-state index in [0.29, 0.717) is 18.0 Å². The Bertz CT molecular complexity index is 1620. The first kappa shape index (κ1) is 25.8. The molecule has 0 bridgehead atoms. The van der Waals surface area contributed by atoms with Crippen LogP contribution in [0.5, 0.6) is 0 Å². The molecule has 1 saturated heterocycles. The molecular weight excluding hydrogens is 498 g/mol. The summed E-state index contributed by atoms with van der Waals surface area (Å²) in [7, 11) is 0. The van der Waals surface area contributed by atoms with Crippen LogP contribution in [0, 0.1) is 24.7 Å². The molecule has 0 radical (unpaired) electrons. The van der Waals surface area contributed by atoms with Crippen molar-refractivity contribution in [2.45, 2.75) is 45.3 Å². The average molecular weight is 532 g/mol. The Morgan fingerprint density at radius 2 is 2.00 bits per heavy atom. The van der Waals surface area contributed by atoms with Crippen molar-refractivity contribution in [3.05, 3.63) is 83.3 Å². The molecule has 2 aliphatic rings. The number of carbonyl (C=O) groups is 1. The van der Waals surface area contributed by atoms with Crippen LogP contribution in [0.15, 0.2) is 60.8 Å². The van der Waals surface area contributed by atoms with Gasteiger partial charge in [-0.25, -0.2) is 4.68 Å². The molecule has 2 aromatic heterocycles. The molecule has 4 aromatic rings. The number of carbonyl (C=O) groups excluding carboxylic acids is 1. The Labute approximate surface area is 234 Å². The third kappa shape index (κ3) is 6.08. The predicted molar refractivity (Wildman–Crippen MR) is 159 cm³/mol. The van der Waals surface area contributed by atoms with Crippen LogP contribution >= 0.6 is 0 Å². The van der Waals surface area contributed by atoms with E-state index in [9.17, 15) is 4.79 Å². The fourth-order valence-electron chi connectivity index (χ4n) is 4.90. The third-order valence-corrected chi connectivity index (χ3v) is 7.18. The van der Waals surface area contributed by atoms with Crippen molar-refractivity contribution in [1.29, 1.82) is 0 Å². The summed E-state index contributed by atoms with van der Waals surface area (Å²) in [4.78, 5) is 17.4. The van der Waals surface area contributed by atoms with Gasteiger partial charge in [0.25, 0.3) is 5.91 Å². The molecule has 7 nitrogen and oxygen atoms in total. The van der Waals surface area contributed by atoms with Crippen LogP contribution in [0.4, 0.5) is 11.4 Å². The number of para-hydroxylation sites is 1. The van der Waals surface area contributed by atoms with Gasteiger partial charge in [-0.05, 0) is 99.2 Å². The normalized spacial score (nSPS) is 17.0. The van der Waals surface area contributed by atoms with E-state index in [-0.39, 0.29) is 12.1 Å². The van der Waals surface area contributed by atoms with Gasteiger partial charge in [-0.15, -0.1) is 0 Å². The van der Waals surface area contributed by atoms with Gasteiger partial charge in [0.2, 0.25) is 0 Å². The molecule has 1 amide bonds. The Morgan fingerprint density at radius 1 is 1.10 bits per heavy atom. The Hall–Kier alpha value is -4.41. The summed E-state index contributed by atoms with van der Waals surface area (Å²) in [5.74, 6) is 6.62. The number of benzene rings is 2. The van der Waals surface area contributed by atoms with Crippen LogP contribution in [0.2, 0.25) is 0 Å². The number of rotatable bonds is 7. The zero-order valence-corrected chi connectivity index (χ0v) is 22.7. The second-order valence-corrected chi connectivity index (χ2v) is 10.4. The van der Waals surface area contributed by atoms with Crippen LogP contribution in [-0.4, -0.2) is 33.8 Å². The number of hydrogen-bond donors (Lipinski definition) is 2. The summed E-state index contributed by atoms with van der Waals surface area (Å²) >= 11 is 0. The number of aryl methyl sites for hydroxylation is 1. The van der Waals surface area contributed by atoms with Gasteiger partial charge in [0.1, 0.15) is 0 Å². The van der Waals surface area contributed by atoms with Crippen molar-refractivity contribution in [2.24, 2.45) is 5.92 Å². The monoisotopic (exact) mass is 531 g/mol. The summed E-state index contributed by atoms with van der Waals surface area (Å²) < 4.78 is 8.12. The van der Waals surface area contributed by atoms with E-state index < -0.39 is 0 Å². The molecule has 6 rings (SSSR count). The number of hydrogen-bond acceptors (Lipinski definition) is 5. The molecule has 1 saturated carbocycles. The van der Waals surface area contributed by atoms with Gasteiger partial charge < -0.3 is 15.4 Å². The minimum absolute atomic E-state index is 0.111. The molecule has 1 unspecified atom stereocenters. The van der Waals surface area contributed by atoms with E-state index >= 15 is 0 Å². The second kappa shape index (κ2) is 11.8. The van der Waals surface area contributed by atoms with Gasteiger partial charge >= 0.3 is 0 Å². The van der Waals surface area contributed by atoms with Gasteiger partial charge in [-0.3, -0.25) is 9.78 Å². The van der Waals surface area contributed by atoms with Gasteiger partial charge in [-0.2, -0.15) is 5.10 Å². The molecule has 40 heavy (non-hydrogen) atoms. The van der Waals surface area contributed by atoms with Gasteiger partial charge in [0.05, 0.1) is 34.7 Å². The number of nitrogens with zero attached hydrogens (tertiary/aromatic N) is 3. The van der Waals surface area contributed by atoms with Crippen molar-refractivity contribution in [3.8, 4) is 11.8 Å². The largest absolute Gasteiger partial charge is 0.356 e. The highest BCUT2D eigenvalue weighted by molar-refractivity contribution is 6.01. The molecule has 2 aromatic carbocycles. The summed E-state index contributed by atoms with van der Waals surface area (Å²) in [6.07, 6.45) is 11.2. The van der Waals surface area contributed by atoms with E-state index in [4.69, 9.17) is 9.84 Å². The number of pyridine rings is 1. The molecule has 7 heteroatoms. The minimum Gasteiger partial charge on any atom is -0.356 e. The average Bonchev–Trinajstić information content (AvgIpc) is 3.74. The van der Waals surface area contributed by atoms with Crippen LogP contribution in [0.1, 0.15) is 65.6 Å². The van der Waals surface area contributed by atoms with Crippen LogP contribution < -0.4 is 10.6 Å². The van der Waals surface area contributed by atoms with Crippen LogP contribution in [0.25, 0.3) is 23.1 Å². The maximum Gasteiger partial charge on any atom is 0.254 e. The van der Waals surface area contributed by atoms with E-state index in [1.807, 2.05) is 59.4 Å². The number of aromatic nitrogens is 3. The first-order chi connectivity index (χ1) is 19.6. The van der Waals surface area contributed by atoms with Crippen molar-refractivity contribution >= 4 is 40.3 Å². The maximum absolute atomic E-state index is 12.9. The minimum atomic E-state index is -0.146. The number of ether oxygens (including phenoxy) is 1. The number of anilines is 2. The van der Waals surface area contributed by atoms with Crippen LogP contribution in [0.3, 0.4) is 0 Å². The van der Waals surface area contributed by atoms with Gasteiger partial charge in [0, 0.05) is 29.8 Å². The SMILES string of the molecule is Cc1ccnc(C=Cc2nn(C3CCCCO3)c3cc(Nc4ccccc4C(=O)NCC#CC4CC4)ccc23)c1. The molecule has 1 aliphatic heterocycles. The zero-order chi connectivity index (χ0) is 27.3. The van der Waals surface area contributed by atoms with E-state index in [0.717, 1.165) is 65.1 Å². The fourth-order valence-corrected chi connectivity index (χ4v) is 4.90. The van der Waals surface area contributed by atoms with Crippen molar-refractivity contribution in [3.63, 3.8) is 0 Å². The summed E-state index contributed by atoms with van der Waals surface area (Å²) in [5, 5.41) is 12.4. The second-order valence-electron chi connectivity index (χ2n) is 10.4. The molecule has 3 heterocycles. The smallest absolute Gasteiger partial charge is 0.254 e. The molecule has 2 N–H and O–H groups in total. The molecule has 0 spiro atoms. The lowest BCUT2D eigenvalue weighted by Crippen LogP contribution is -2.24. The lowest BCUT2D eigenvalue weighted by Gasteiger charge is -2.23. The zero-order valence-electron chi connectivity index (χ0n) is 22.7. The highest BCUT2D eigenvalue weighted by Gasteiger charge is 2.21. The van der Waals surface area contributed by atoms with Gasteiger partial charge in [-0.1, -0.05) is 24.0 Å². The van der Waals surface area contributed by atoms with E-state index in [1.54, 1.807) is 0 Å². The number of amides is 1. The number of nitrogens with one attached hydrogen (secondary N) is 2. The van der Waals surface area contributed by atoms with Gasteiger partial charge in [0.15, 0.2) is 6.23 Å². The Morgan fingerprint density at radius 3 is 2.83 bits per heavy atom. The Kier molecular flexibility index (Phi) is 7.60. The third-order valence-electron chi connectivity index (χ3n) is 7.18. The predicted octanol–water partition coefficient (Wildman–Crippen LogP) is 6.50. The van der Waals surface area contributed by atoms with E-state index in [2.05, 4.69) is 52.6 Å². The van der Waals surface area contributed by atoms with Crippen LogP contribution in [-0.2, 0) is 4.74 Å². The number of fused-ring (bicyclic) bond motifs is 1. The summed E-state index contributed by atoms with van der Waals surface area (Å²) in [6.45, 7) is 3.14. The summed E-state index contributed by atoms with van der Waals surface area (Å²) in [6, 6.07) is 17.8. The van der Waals surface area contributed by atoms with Crippen molar-refractivity contribution in [2.75, 3.05) is 18.5 Å². The molecule has 2 fully saturated rings. The molecule has 202 valence electrons. The van der Waals surface area contributed by atoms with Crippen molar-refractivity contribution < 1.29 is 9.53 Å². The Balaban J connectivity index is 1.29. The highest BCUT2D eigenvalue weighted by Crippen LogP contribution is 2.32. The highest BCUT2D eigenvalue weighted by atomic mass is 16.5. The first-order valence-corrected chi connectivity index (χ1v) is 14.0. The maximum atomic E-state index is 12.9. The van der Waals surface area contributed by atoms with Crippen molar-refractivity contribution in [1.82, 2.24) is 20.1 Å². The first-order valence-electron chi connectivity index (χ1n) is 14.0. The lowest BCUT2D eigenvalue weighted by molar-refractivity contribution is -0.0367. The quantitative estimate of drug-likeness (QED) is 0.266. The molecular formula is C33H33N5O2.